The SMILES string of the molecule is C[C@@H]1CN([C@@H](C)CO)S(=O)(=O)c2ccc(-c3ccc(C#N)cc3)cc2O[C@H]1CN(C)Cc1cccc(F)c1. The van der Waals surface area contributed by atoms with Crippen LogP contribution in [0.5, 0.6) is 5.75 Å². The fourth-order valence-electron chi connectivity index (χ4n) is 4.68. The molecular weight excluding hydrogens is 505 g/mol. The van der Waals surface area contributed by atoms with E-state index in [1.54, 1.807) is 43.3 Å². The smallest absolute Gasteiger partial charge is 0.247 e. The average molecular weight is 538 g/mol. The van der Waals surface area contributed by atoms with Crippen LogP contribution in [-0.2, 0) is 16.6 Å². The molecule has 1 heterocycles. The van der Waals surface area contributed by atoms with E-state index in [0.717, 1.165) is 16.7 Å². The van der Waals surface area contributed by atoms with Crippen molar-refractivity contribution in [2.75, 3.05) is 26.7 Å². The van der Waals surface area contributed by atoms with E-state index in [9.17, 15) is 17.9 Å². The largest absolute Gasteiger partial charge is 0.487 e. The average Bonchev–Trinajstić information content (AvgIpc) is 2.90. The molecule has 0 unspecified atom stereocenters. The number of benzene rings is 3. The van der Waals surface area contributed by atoms with Gasteiger partial charge >= 0.3 is 0 Å². The molecule has 0 aliphatic carbocycles. The third-order valence-electron chi connectivity index (χ3n) is 6.85. The van der Waals surface area contributed by atoms with Crippen LogP contribution in [0.15, 0.2) is 71.6 Å². The Kier molecular flexibility index (Phi) is 8.48. The minimum Gasteiger partial charge on any atom is -0.487 e. The molecule has 0 radical (unpaired) electrons. The van der Waals surface area contributed by atoms with Crippen molar-refractivity contribution < 1.29 is 22.7 Å². The van der Waals surface area contributed by atoms with E-state index in [4.69, 9.17) is 10.00 Å². The predicted octanol–water partition coefficient (Wildman–Crippen LogP) is 4.26. The summed E-state index contributed by atoms with van der Waals surface area (Å²) in [6.07, 6.45) is -0.382. The first-order valence-corrected chi connectivity index (χ1v) is 13.9. The van der Waals surface area contributed by atoms with Gasteiger partial charge in [-0.25, -0.2) is 12.8 Å². The van der Waals surface area contributed by atoms with Gasteiger partial charge in [0, 0.05) is 31.6 Å². The highest BCUT2D eigenvalue weighted by atomic mass is 32.2. The minimum absolute atomic E-state index is 0.0416. The second kappa shape index (κ2) is 11.6. The molecule has 4 rings (SSSR count). The Bertz CT molecular complexity index is 1420. The van der Waals surface area contributed by atoms with Crippen molar-refractivity contribution in [1.29, 1.82) is 5.26 Å². The van der Waals surface area contributed by atoms with Gasteiger partial charge in [0.1, 0.15) is 22.6 Å². The number of hydrogen-bond acceptors (Lipinski definition) is 6. The molecular formula is C29H32FN3O4S. The van der Waals surface area contributed by atoms with Crippen LogP contribution in [0.2, 0.25) is 0 Å². The molecule has 0 fully saturated rings. The molecule has 1 N–H and O–H groups in total. The summed E-state index contributed by atoms with van der Waals surface area (Å²) in [4.78, 5) is 2.07. The van der Waals surface area contributed by atoms with E-state index >= 15 is 0 Å². The number of nitrogens with zero attached hydrogens (tertiary/aromatic N) is 3. The van der Waals surface area contributed by atoms with Crippen LogP contribution >= 0.6 is 0 Å². The molecule has 3 atom stereocenters. The van der Waals surface area contributed by atoms with Gasteiger partial charge in [-0.3, -0.25) is 4.90 Å². The van der Waals surface area contributed by atoms with E-state index in [0.29, 0.717) is 18.7 Å². The highest BCUT2D eigenvalue weighted by Gasteiger charge is 2.38. The number of ether oxygens (including phenoxy) is 1. The molecule has 3 aromatic rings. The van der Waals surface area contributed by atoms with Crippen LogP contribution in [0.25, 0.3) is 11.1 Å². The molecule has 1 aliphatic rings. The minimum atomic E-state index is -3.95. The fraction of sp³-hybridized carbons (Fsp3) is 0.345. The van der Waals surface area contributed by atoms with Gasteiger partial charge in [-0.2, -0.15) is 9.57 Å². The summed E-state index contributed by atoms with van der Waals surface area (Å²) in [5.41, 5.74) is 2.93. The second-order valence-corrected chi connectivity index (χ2v) is 11.8. The highest BCUT2D eigenvalue weighted by molar-refractivity contribution is 7.89. The topological polar surface area (TPSA) is 93.9 Å². The van der Waals surface area contributed by atoms with Gasteiger partial charge < -0.3 is 9.84 Å². The lowest BCUT2D eigenvalue weighted by Gasteiger charge is -2.37. The van der Waals surface area contributed by atoms with E-state index in [2.05, 4.69) is 6.07 Å². The number of aliphatic hydroxyl groups is 1. The van der Waals surface area contributed by atoms with Gasteiger partial charge in [0.25, 0.3) is 0 Å². The molecule has 0 saturated heterocycles. The summed E-state index contributed by atoms with van der Waals surface area (Å²) in [5.74, 6) is -0.271. The molecule has 7 nitrogen and oxygen atoms in total. The summed E-state index contributed by atoms with van der Waals surface area (Å²) in [6, 6.07) is 19.9. The van der Waals surface area contributed by atoms with Crippen molar-refractivity contribution in [3.8, 4) is 22.9 Å². The highest BCUT2D eigenvalue weighted by Crippen LogP contribution is 2.36. The van der Waals surface area contributed by atoms with Crippen LogP contribution in [0.4, 0.5) is 4.39 Å². The standard InChI is InChI=1S/C29H32FN3O4S/c1-20-16-33(21(2)19-34)38(35,36)29-12-11-25(24-9-7-22(15-31)8-10-24)14-27(29)37-28(20)18-32(3)17-23-5-4-6-26(30)13-23/h4-14,20-21,28,34H,16-19H2,1-3H3/t20-,21+,28+/m1/s1. The summed E-state index contributed by atoms with van der Waals surface area (Å²) in [5, 5.41) is 19.0. The molecule has 200 valence electrons. The van der Waals surface area contributed by atoms with Crippen molar-refractivity contribution in [2.45, 2.75) is 37.4 Å². The van der Waals surface area contributed by atoms with E-state index in [1.165, 1.54) is 16.4 Å². The number of rotatable bonds is 7. The number of fused-ring (bicyclic) bond motifs is 1. The molecule has 0 bridgehead atoms. The number of hydrogen-bond donors (Lipinski definition) is 1. The maximum atomic E-state index is 13.7. The second-order valence-electron chi connectivity index (χ2n) is 9.92. The number of likely N-dealkylation sites (N-methyl/N-ethyl adjacent to an activating group) is 1. The zero-order chi connectivity index (χ0) is 27.4. The van der Waals surface area contributed by atoms with Gasteiger partial charge in [0.15, 0.2) is 0 Å². The lowest BCUT2D eigenvalue weighted by molar-refractivity contribution is 0.0734. The Labute approximate surface area is 223 Å². The number of aliphatic hydroxyl groups excluding tert-OH is 1. The Balaban J connectivity index is 1.72. The Morgan fingerprint density at radius 2 is 1.87 bits per heavy atom. The van der Waals surface area contributed by atoms with Crippen LogP contribution in [-0.4, -0.2) is 61.6 Å². The van der Waals surface area contributed by atoms with Crippen molar-refractivity contribution in [1.82, 2.24) is 9.21 Å². The van der Waals surface area contributed by atoms with E-state index in [-0.39, 0.29) is 41.6 Å². The molecule has 0 saturated carbocycles. The number of sulfonamides is 1. The molecule has 0 spiro atoms. The summed E-state index contributed by atoms with van der Waals surface area (Å²) in [7, 11) is -2.04. The lowest BCUT2D eigenvalue weighted by Crippen LogP contribution is -2.49. The molecule has 0 aromatic heterocycles. The summed E-state index contributed by atoms with van der Waals surface area (Å²) < 4.78 is 48.9. The lowest BCUT2D eigenvalue weighted by atomic mass is 10.0. The Morgan fingerprint density at radius 1 is 1.16 bits per heavy atom. The molecule has 0 amide bonds. The molecule has 1 aliphatic heterocycles. The fourth-order valence-corrected chi connectivity index (χ4v) is 6.50. The third-order valence-corrected chi connectivity index (χ3v) is 8.87. The predicted molar refractivity (Wildman–Crippen MR) is 143 cm³/mol. The van der Waals surface area contributed by atoms with E-state index < -0.39 is 16.1 Å². The number of halogens is 1. The first kappa shape index (κ1) is 27.7. The van der Waals surface area contributed by atoms with Gasteiger partial charge in [0.2, 0.25) is 10.0 Å². The van der Waals surface area contributed by atoms with Crippen LogP contribution in [0.1, 0.15) is 25.0 Å². The van der Waals surface area contributed by atoms with Crippen molar-refractivity contribution in [3.63, 3.8) is 0 Å². The first-order valence-electron chi connectivity index (χ1n) is 12.5. The zero-order valence-corrected chi connectivity index (χ0v) is 22.5. The number of nitriles is 1. The van der Waals surface area contributed by atoms with Crippen LogP contribution < -0.4 is 4.74 Å². The van der Waals surface area contributed by atoms with Gasteiger partial charge in [-0.05, 0) is 67.1 Å². The zero-order valence-electron chi connectivity index (χ0n) is 21.7. The monoisotopic (exact) mass is 537 g/mol. The van der Waals surface area contributed by atoms with Crippen molar-refractivity contribution in [2.24, 2.45) is 5.92 Å². The van der Waals surface area contributed by atoms with Crippen molar-refractivity contribution >= 4 is 10.0 Å². The third kappa shape index (κ3) is 6.05. The van der Waals surface area contributed by atoms with Crippen LogP contribution in [0, 0.1) is 23.1 Å². The quantitative estimate of drug-likeness (QED) is 0.484. The van der Waals surface area contributed by atoms with E-state index in [1.807, 2.05) is 37.1 Å². The van der Waals surface area contributed by atoms with Gasteiger partial charge in [-0.1, -0.05) is 37.3 Å². The Hall–Kier alpha value is -3.29. The van der Waals surface area contributed by atoms with Gasteiger partial charge in [-0.15, -0.1) is 0 Å². The molecule has 3 aromatic carbocycles. The summed E-state index contributed by atoms with van der Waals surface area (Å²) in [6.45, 7) is 4.46. The van der Waals surface area contributed by atoms with Gasteiger partial charge in [0.05, 0.1) is 18.2 Å². The maximum absolute atomic E-state index is 13.7. The Morgan fingerprint density at radius 3 is 2.53 bits per heavy atom. The molecule has 9 heteroatoms. The van der Waals surface area contributed by atoms with Crippen molar-refractivity contribution in [3.05, 3.63) is 83.7 Å². The normalized spacial score (nSPS) is 20.0. The molecule has 38 heavy (non-hydrogen) atoms. The maximum Gasteiger partial charge on any atom is 0.247 e. The first-order chi connectivity index (χ1) is 18.1. The van der Waals surface area contributed by atoms with Crippen LogP contribution in [0.3, 0.4) is 0 Å². The summed E-state index contributed by atoms with van der Waals surface area (Å²) >= 11 is 0.